The van der Waals surface area contributed by atoms with Gasteiger partial charge >= 0.3 is 6.03 Å². The second-order valence-corrected chi connectivity index (χ2v) is 7.09. The third kappa shape index (κ3) is 6.18. The quantitative estimate of drug-likeness (QED) is 0.479. The van der Waals surface area contributed by atoms with E-state index in [0.717, 1.165) is 11.1 Å². The van der Waals surface area contributed by atoms with Crippen molar-refractivity contribution in [3.05, 3.63) is 96.1 Å². The SMILES string of the molecule is C[C@H](NC(=O)[C@@H](N)Cc1ccc(NC(=O)Nc2ccccc2)cc1)c1ccccc1. The van der Waals surface area contributed by atoms with Crippen LogP contribution in [-0.4, -0.2) is 18.0 Å². The third-order valence-corrected chi connectivity index (χ3v) is 4.69. The Balaban J connectivity index is 1.49. The summed E-state index contributed by atoms with van der Waals surface area (Å²) in [6.07, 6.45) is 0.407. The van der Waals surface area contributed by atoms with Crippen molar-refractivity contribution in [3.8, 4) is 0 Å². The van der Waals surface area contributed by atoms with Gasteiger partial charge in [0.2, 0.25) is 5.91 Å². The van der Waals surface area contributed by atoms with Gasteiger partial charge in [0.05, 0.1) is 12.1 Å². The molecular weight excluding hydrogens is 376 g/mol. The van der Waals surface area contributed by atoms with Gasteiger partial charge in [-0.05, 0) is 48.7 Å². The van der Waals surface area contributed by atoms with Crippen molar-refractivity contribution in [2.75, 3.05) is 10.6 Å². The number of anilines is 2. The van der Waals surface area contributed by atoms with Crippen molar-refractivity contribution in [1.29, 1.82) is 0 Å². The van der Waals surface area contributed by atoms with Crippen LogP contribution in [0.25, 0.3) is 0 Å². The van der Waals surface area contributed by atoms with Crippen LogP contribution in [-0.2, 0) is 11.2 Å². The number of rotatable bonds is 7. The Bertz CT molecular complexity index is 960. The van der Waals surface area contributed by atoms with E-state index in [1.54, 1.807) is 12.1 Å². The third-order valence-electron chi connectivity index (χ3n) is 4.69. The van der Waals surface area contributed by atoms with Crippen molar-refractivity contribution in [2.24, 2.45) is 5.73 Å². The lowest BCUT2D eigenvalue weighted by atomic mass is 10.0. The molecule has 3 rings (SSSR count). The maximum atomic E-state index is 12.4. The number of carbonyl (C=O) groups is 2. The molecular formula is C24H26N4O2. The van der Waals surface area contributed by atoms with Crippen molar-refractivity contribution in [1.82, 2.24) is 5.32 Å². The molecule has 0 saturated heterocycles. The summed E-state index contributed by atoms with van der Waals surface area (Å²) in [7, 11) is 0. The number of benzene rings is 3. The van der Waals surface area contributed by atoms with Crippen LogP contribution in [0.15, 0.2) is 84.9 Å². The average molecular weight is 402 g/mol. The van der Waals surface area contributed by atoms with Gasteiger partial charge in [0.1, 0.15) is 0 Å². The van der Waals surface area contributed by atoms with Crippen LogP contribution in [0, 0.1) is 0 Å². The van der Waals surface area contributed by atoms with Gasteiger partial charge in [-0.1, -0.05) is 60.7 Å². The predicted octanol–water partition coefficient (Wildman–Crippen LogP) is 4.08. The Morgan fingerprint density at radius 1 is 0.800 bits per heavy atom. The van der Waals surface area contributed by atoms with Gasteiger partial charge in [0.15, 0.2) is 0 Å². The van der Waals surface area contributed by atoms with Gasteiger partial charge in [-0.25, -0.2) is 4.79 Å². The highest BCUT2D eigenvalue weighted by atomic mass is 16.2. The van der Waals surface area contributed by atoms with E-state index >= 15 is 0 Å². The Morgan fingerprint density at radius 3 is 1.93 bits per heavy atom. The van der Waals surface area contributed by atoms with Crippen LogP contribution in [0.4, 0.5) is 16.2 Å². The zero-order chi connectivity index (χ0) is 21.3. The molecule has 3 aromatic carbocycles. The van der Waals surface area contributed by atoms with E-state index in [1.807, 2.05) is 79.7 Å². The number of urea groups is 1. The zero-order valence-corrected chi connectivity index (χ0v) is 16.8. The number of nitrogens with one attached hydrogen (secondary N) is 3. The molecule has 0 aliphatic carbocycles. The highest BCUT2D eigenvalue weighted by Crippen LogP contribution is 2.14. The Morgan fingerprint density at radius 2 is 1.33 bits per heavy atom. The molecule has 154 valence electrons. The minimum Gasteiger partial charge on any atom is -0.348 e. The maximum Gasteiger partial charge on any atom is 0.323 e. The largest absolute Gasteiger partial charge is 0.348 e. The van der Waals surface area contributed by atoms with Crippen molar-refractivity contribution >= 4 is 23.3 Å². The van der Waals surface area contributed by atoms with E-state index < -0.39 is 6.04 Å². The molecule has 5 N–H and O–H groups in total. The summed E-state index contributed by atoms with van der Waals surface area (Å²) in [5.41, 5.74) is 9.41. The number of hydrogen-bond donors (Lipinski definition) is 4. The number of hydrogen-bond acceptors (Lipinski definition) is 3. The molecule has 6 nitrogen and oxygen atoms in total. The first-order valence-corrected chi connectivity index (χ1v) is 9.84. The molecule has 0 spiro atoms. The van der Waals surface area contributed by atoms with E-state index in [4.69, 9.17) is 5.73 Å². The lowest BCUT2D eigenvalue weighted by Crippen LogP contribution is -2.42. The van der Waals surface area contributed by atoms with E-state index in [1.165, 1.54) is 0 Å². The number of para-hydroxylation sites is 1. The van der Waals surface area contributed by atoms with Crippen molar-refractivity contribution < 1.29 is 9.59 Å². The predicted molar refractivity (Wildman–Crippen MR) is 120 cm³/mol. The van der Waals surface area contributed by atoms with E-state index in [-0.39, 0.29) is 18.0 Å². The minimum absolute atomic E-state index is 0.112. The average Bonchev–Trinajstić information content (AvgIpc) is 2.76. The fraction of sp³-hybridized carbons (Fsp3) is 0.167. The summed E-state index contributed by atoms with van der Waals surface area (Å²) >= 11 is 0. The van der Waals surface area contributed by atoms with E-state index in [0.29, 0.717) is 17.8 Å². The lowest BCUT2D eigenvalue weighted by Gasteiger charge is -2.18. The van der Waals surface area contributed by atoms with Gasteiger partial charge in [-0.15, -0.1) is 0 Å². The normalized spacial score (nSPS) is 12.5. The highest BCUT2D eigenvalue weighted by molar-refractivity contribution is 5.99. The number of carbonyl (C=O) groups excluding carboxylic acids is 2. The van der Waals surface area contributed by atoms with Crippen LogP contribution in [0.2, 0.25) is 0 Å². The van der Waals surface area contributed by atoms with Gasteiger partial charge < -0.3 is 21.7 Å². The van der Waals surface area contributed by atoms with Crippen LogP contribution < -0.4 is 21.7 Å². The monoisotopic (exact) mass is 402 g/mol. The number of amides is 3. The van der Waals surface area contributed by atoms with E-state index in [2.05, 4.69) is 16.0 Å². The standard InChI is InChI=1S/C24H26N4O2/c1-17(19-8-4-2-5-9-19)26-23(29)22(25)16-18-12-14-21(15-13-18)28-24(30)27-20-10-6-3-7-11-20/h2-15,17,22H,16,25H2,1H3,(H,26,29)(H2,27,28,30)/t17-,22-/m0/s1. The first-order valence-electron chi connectivity index (χ1n) is 9.84. The second kappa shape index (κ2) is 10.2. The summed E-state index contributed by atoms with van der Waals surface area (Å²) in [5, 5.41) is 8.49. The summed E-state index contributed by atoms with van der Waals surface area (Å²) in [6, 6.07) is 25.2. The molecule has 3 amide bonds. The Labute approximate surface area is 176 Å². The second-order valence-electron chi connectivity index (χ2n) is 7.09. The van der Waals surface area contributed by atoms with Gasteiger partial charge in [-0.3, -0.25) is 4.79 Å². The molecule has 2 atom stereocenters. The summed E-state index contributed by atoms with van der Waals surface area (Å²) < 4.78 is 0. The fourth-order valence-corrected chi connectivity index (χ4v) is 3.03. The highest BCUT2D eigenvalue weighted by Gasteiger charge is 2.17. The summed E-state index contributed by atoms with van der Waals surface area (Å²) in [4.78, 5) is 24.5. The molecule has 0 radical (unpaired) electrons. The topological polar surface area (TPSA) is 96.2 Å². The number of nitrogens with two attached hydrogens (primary N) is 1. The molecule has 0 aliphatic heterocycles. The molecule has 0 bridgehead atoms. The molecule has 0 aliphatic rings. The van der Waals surface area contributed by atoms with Crippen LogP contribution >= 0.6 is 0 Å². The molecule has 0 saturated carbocycles. The molecule has 0 unspecified atom stereocenters. The maximum absolute atomic E-state index is 12.4. The zero-order valence-electron chi connectivity index (χ0n) is 16.8. The van der Waals surface area contributed by atoms with Crippen LogP contribution in [0.5, 0.6) is 0 Å². The van der Waals surface area contributed by atoms with Crippen molar-refractivity contribution in [3.63, 3.8) is 0 Å². The van der Waals surface area contributed by atoms with Gasteiger partial charge in [0.25, 0.3) is 0 Å². The first-order chi connectivity index (χ1) is 14.5. The molecule has 0 heterocycles. The molecule has 0 fully saturated rings. The molecule has 3 aromatic rings. The van der Waals surface area contributed by atoms with Crippen LogP contribution in [0.3, 0.4) is 0 Å². The van der Waals surface area contributed by atoms with Crippen LogP contribution in [0.1, 0.15) is 24.1 Å². The summed E-state index contributed by atoms with van der Waals surface area (Å²) in [5.74, 6) is -0.198. The Kier molecular flexibility index (Phi) is 7.19. The molecule has 6 heteroatoms. The van der Waals surface area contributed by atoms with Gasteiger partial charge in [-0.2, -0.15) is 0 Å². The minimum atomic E-state index is -0.656. The smallest absolute Gasteiger partial charge is 0.323 e. The molecule has 30 heavy (non-hydrogen) atoms. The van der Waals surface area contributed by atoms with Crippen molar-refractivity contribution in [2.45, 2.75) is 25.4 Å². The summed E-state index contributed by atoms with van der Waals surface area (Å²) in [6.45, 7) is 1.93. The fourth-order valence-electron chi connectivity index (χ4n) is 3.03. The molecule has 0 aromatic heterocycles. The lowest BCUT2D eigenvalue weighted by molar-refractivity contribution is -0.123. The Hall–Kier alpha value is -3.64. The van der Waals surface area contributed by atoms with E-state index in [9.17, 15) is 9.59 Å². The van der Waals surface area contributed by atoms with Gasteiger partial charge in [0, 0.05) is 11.4 Å². The first kappa shape index (κ1) is 21.1.